The van der Waals surface area contributed by atoms with Gasteiger partial charge in [-0.25, -0.2) is 56.4 Å². The highest BCUT2D eigenvalue weighted by molar-refractivity contribution is 7.90. The van der Waals surface area contributed by atoms with Crippen molar-refractivity contribution in [2.45, 2.75) is 59.3 Å². The van der Waals surface area contributed by atoms with Crippen LogP contribution >= 0.6 is 11.6 Å². The summed E-state index contributed by atoms with van der Waals surface area (Å²) in [5, 5.41) is 2.12. The SMILES string of the molecule is CC(C)S(=O)(=O)N1CC(C(=O)N2CCN(c3ccccc3)CC2)C1.CCC(C)S(=O)(=O)N1CC(C(=O)N2CCN(c3ccccc3)CC2)C1.O=C(C1CN(S(=O)(=O)c2cccc3c2OCCO3)C1)N1CCN(c2ccccc2)CC1.O=C(C1CN(S(=O)(=O)c2cccc3cnc(Cl)cc23)C1)N1CCN(c2ccccc2)CC1.O=C(C1CN(S(=O)(=O)c2cccc3cnccc23)C1)N1CCN(c2ccccn2)CC1. The molecular weight excluding hydrogens is 1950 g/mol. The number of para-hydroxylation sites is 5. The zero-order valence-corrected chi connectivity index (χ0v) is 85.6. The Morgan fingerprint density at radius 3 is 1.03 bits per heavy atom. The van der Waals surface area contributed by atoms with Gasteiger partial charge in [0.25, 0.3) is 0 Å². The first-order valence-electron chi connectivity index (χ1n) is 48.9. The van der Waals surface area contributed by atoms with Crippen molar-refractivity contribution >= 4 is 141 Å². The lowest BCUT2D eigenvalue weighted by Gasteiger charge is -2.43. The summed E-state index contributed by atoms with van der Waals surface area (Å²) in [6, 6.07) is 64.9. The number of amides is 5. The molecule has 35 nitrogen and oxygen atoms in total. The number of carbonyl (C=O) groups is 5. The second-order valence-electron chi connectivity index (χ2n) is 37.7. The van der Waals surface area contributed by atoms with Crippen molar-refractivity contribution < 1.29 is 75.5 Å². The molecule has 41 heteroatoms. The second kappa shape index (κ2) is 44.9. The van der Waals surface area contributed by atoms with Crippen LogP contribution in [0, 0.1) is 29.6 Å². The highest BCUT2D eigenvalue weighted by Gasteiger charge is 2.49. The first kappa shape index (κ1) is 103. The van der Waals surface area contributed by atoms with E-state index in [1.165, 1.54) is 39.0 Å². The van der Waals surface area contributed by atoms with Gasteiger partial charge >= 0.3 is 0 Å². The number of nitrogens with zero attached hydrogens (tertiary/aromatic N) is 18. The van der Waals surface area contributed by atoms with Gasteiger partial charge < -0.3 is 58.5 Å². The van der Waals surface area contributed by atoms with E-state index in [0.29, 0.717) is 133 Å². The third-order valence-corrected chi connectivity index (χ3v) is 38.9. The predicted octanol–water partition coefficient (Wildman–Crippen LogP) is 8.28. The highest BCUT2D eigenvalue weighted by Crippen LogP contribution is 2.41. The van der Waals surface area contributed by atoms with Crippen LogP contribution in [0.4, 0.5) is 28.6 Å². The van der Waals surface area contributed by atoms with Crippen LogP contribution in [-0.4, -0.2) is 353 Å². The predicted molar refractivity (Wildman–Crippen MR) is 549 cm³/mol. The van der Waals surface area contributed by atoms with E-state index in [-0.39, 0.29) is 129 Å². The Balaban J connectivity index is 0.000000123. The normalized spacial score (nSPS) is 19.3. The number of piperazine rings is 5. The van der Waals surface area contributed by atoms with Gasteiger partial charge in [-0.2, -0.15) is 17.2 Å². The summed E-state index contributed by atoms with van der Waals surface area (Å²) < 4.78 is 146. The molecule has 5 amide bonds. The Bertz CT molecular complexity index is 6740. The van der Waals surface area contributed by atoms with Gasteiger partial charge in [0.15, 0.2) is 11.5 Å². The van der Waals surface area contributed by atoms with Crippen LogP contribution in [0.2, 0.25) is 5.15 Å². The molecule has 0 aliphatic carbocycles. The number of aromatic nitrogens is 3. The van der Waals surface area contributed by atoms with Gasteiger partial charge in [0, 0.05) is 265 Å². The van der Waals surface area contributed by atoms with Crippen molar-refractivity contribution in [2.75, 3.05) is 234 Å². The van der Waals surface area contributed by atoms with Gasteiger partial charge in [-0.15, -0.1) is 0 Å². The number of ether oxygens (including phenoxy) is 2. The average molecular weight is 2070 g/mol. The van der Waals surface area contributed by atoms with Gasteiger partial charge in [0.05, 0.1) is 49.9 Å². The molecule has 0 radical (unpaired) electrons. The second-order valence-corrected chi connectivity index (χ2v) is 48.6. The van der Waals surface area contributed by atoms with Crippen molar-refractivity contribution in [1.82, 2.24) is 61.0 Å². The summed E-state index contributed by atoms with van der Waals surface area (Å²) in [4.78, 5) is 97.5. The van der Waals surface area contributed by atoms with Crippen LogP contribution in [0.5, 0.6) is 11.5 Å². The molecule has 1 atom stereocenters. The minimum absolute atomic E-state index is 0.0360. The smallest absolute Gasteiger partial charge is 0.246 e. The van der Waals surface area contributed by atoms with Gasteiger partial charge in [-0.05, 0) is 124 Å². The Morgan fingerprint density at radius 2 is 0.664 bits per heavy atom. The van der Waals surface area contributed by atoms with Crippen LogP contribution < -0.4 is 34.0 Å². The van der Waals surface area contributed by atoms with Crippen molar-refractivity contribution in [3.63, 3.8) is 0 Å². The Morgan fingerprint density at radius 1 is 0.336 bits per heavy atom. The van der Waals surface area contributed by atoms with Crippen molar-refractivity contribution in [1.29, 1.82) is 0 Å². The molecule has 3 aromatic heterocycles. The summed E-state index contributed by atoms with van der Waals surface area (Å²) in [6.07, 6.45) is 7.17. The van der Waals surface area contributed by atoms with Crippen molar-refractivity contribution in [2.24, 2.45) is 29.6 Å². The molecule has 1 unspecified atom stereocenters. The minimum atomic E-state index is -3.74. The molecule has 14 heterocycles. The lowest BCUT2D eigenvalue weighted by Crippen LogP contribution is -2.60. The van der Waals surface area contributed by atoms with Crippen molar-refractivity contribution in [3.05, 3.63) is 236 Å². The number of hydrogen-bond donors (Lipinski definition) is 0. The molecule has 11 aliphatic heterocycles. The molecule has 143 heavy (non-hydrogen) atoms. The Labute approximate surface area is 842 Å². The van der Waals surface area contributed by atoms with Gasteiger partial charge in [-0.3, -0.25) is 29.0 Å². The van der Waals surface area contributed by atoms with Gasteiger partial charge in [0.1, 0.15) is 29.1 Å². The number of carbonyl (C=O) groups excluding carboxylic acids is 5. The van der Waals surface area contributed by atoms with Crippen LogP contribution in [0.15, 0.2) is 246 Å². The topological polar surface area (TPSA) is 362 Å². The molecule has 0 bridgehead atoms. The quantitative estimate of drug-likeness (QED) is 0.0610. The van der Waals surface area contributed by atoms with E-state index in [0.717, 1.165) is 88.0 Å². The van der Waals surface area contributed by atoms with E-state index in [1.54, 1.807) is 100 Å². The number of sulfonamides is 5. The number of rotatable bonds is 21. The molecule has 0 N–H and O–H groups in total. The molecule has 11 aliphatic rings. The van der Waals surface area contributed by atoms with E-state index in [9.17, 15) is 66.1 Å². The number of halogens is 1. The number of pyridine rings is 3. The van der Waals surface area contributed by atoms with Crippen LogP contribution in [0.25, 0.3) is 21.5 Å². The zero-order chi connectivity index (χ0) is 100. The lowest BCUT2D eigenvalue weighted by atomic mass is 10.0. The maximum Gasteiger partial charge on any atom is 0.246 e. The molecular formula is C102H123ClN18O17S5. The third kappa shape index (κ3) is 23.0. The fraction of sp³-hybridized carbons (Fsp3) is 0.431. The minimum Gasteiger partial charge on any atom is -0.486 e. The van der Waals surface area contributed by atoms with E-state index < -0.39 is 55.4 Å². The van der Waals surface area contributed by atoms with Gasteiger partial charge in [-0.1, -0.05) is 128 Å². The highest BCUT2D eigenvalue weighted by atomic mass is 35.5. The molecule has 0 spiro atoms. The van der Waals surface area contributed by atoms with Crippen LogP contribution in [0.1, 0.15) is 34.1 Å². The summed E-state index contributed by atoms with van der Waals surface area (Å²) in [7, 11) is -17.6. The molecule has 21 rings (SSSR count). The molecule has 0 saturated carbocycles. The largest absolute Gasteiger partial charge is 0.486 e. The summed E-state index contributed by atoms with van der Waals surface area (Å²) in [5.41, 5.74) is 4.69. The fourth-order valence-electron chi connectivity index (χ4n) is 19.3. The summed E-state index contributed by atoms with van der Waals surface area (Å²) in [5.74, 6) is 0.691. The number of hydrogen-bond acceptors (Lipinski definition) is 25. The molecule has 760 valence electrons. The average Bonchev–Trinajstić information content (AvgIpc) is 0.757. The van der Waals surface area contributed by atoms with E-state index in [2.05, 4.69) is 88.0 Å². The maximum atomic E-state index is 13.2. The molecule has 7 aromatic carbocycles. The maximum absolute atomic E-state index is 13.2. The summed E-state index contributed by atoms with van der Waals surface area (Å²) >= 11 is 6.00. The molecule has 10 aromatic rings. The number of benzene rings is 7. The fourth-order valence-corrected chi connectivity index (χ4v) is 27.7. The van der Waals surface area contributed by atoms with Gasteiger partial charge in [0.2, 0.25) is 79.7 Å². The number of fused-ring (bicyclic) bond motifs is 3. The van der Waals surface area contributed by atoms with Crippen molar-refractivity contribution in [3.8, 4) is 11.5 Å². The van der Waals surface area contributed by atoms with E-state index in [1.807, 2.05) is 128 Å². The lowest BCUT2D eigenvalue weighted by molar-refractivity contribution is -0.140. The van der Waals surface area contributed by atoms with E-state index in [4.69, 9.17) is 21.1 Å². The molecule has 10 fully saturated rings. The number of anilines is 5. The molecule has 10 saturated heterocycles. The first-order chi connectivity index (χ1) is 68.8. The van der Waals surface area contributed by atoms with Crippen LogP contribution in [0.3, 0.4) is 0 Å². The third-order valence-electron chi connectivity index (χ3n) is 28.5. The monoisotopic (exact) mass is 2070 g/mol. The first-order valence-corrected chi connectivity index (χ1v) is 56.6. The Kier molecular flexibility index (Phi) is 32.2. The van der Waals surface area contributed by atoms with Crippen LogP contribution in [-0.2, 0) is 74.1 Å². The summed E-state index contributed by atoms with van der Waals surface area (Å²) in [6.45, 7) is 24.7. The zero-order valence-electron chi connectivity index (χ0n) is 80.7. The van der Waals surface area contributed by atoms with E-state index >= 15 is 0 Å². The standard InChI is InChI=1S/C23H23ClN4O3S.C22H23N5O3S.C22H25N3O5S.C18H27N3O3S.C17H25N3O3S/c24-22-13-20-17(14-25-22)5-4-8-21(20)32(30,31)28-15-18(16-28)23(29)27-11-9-26(10-12-27)19-6-2-1-3-7-19;28-22(26-12-10-25(11-13-26)21-6-1-2-8-24-21)18-15-27(16-18)31(29,30)20-5-3-4-17-14-23-9-7-19(17)20;26-22(24-11-9-23(10-12-24)18-5-2-1-3-6-18)17-15-25(16-17)31(27,28)20-8-4-7-19-21(20)30-14-13-29-19;1-3-15(2)25(23,24)21-13-16(14-21)18(22)20-11-9-19(10-12-20)17-7-5-4-6-8-17;1-14(2)24(22,23)20-12-15(13-20)17(21)19-10-8-18(9-11-19)16-6-4-3-5-7-16/h1-8,13-14,18H,9-12,15-16H2;1-9,14,18H,10-13,15-16H2;1-8,17H,9-16H2;4-8,15-16H,3,9-14H2,1-2H3;3-7,14-15H,8-13H2,1-2H3. The Hall–Kier alpha value is -11.7.